The molecule has 0 saturated carbocycles. The molecule has 7 rings (SSSR count). The van der Waals surface area contributed by atoms with Gasteiger partial charge < -0.3 is 15.8 Å². The van der Waals surface area contributed by atoms with Crippen LogP contribution in [-0.4, -0.2) is 60.1 Å². The highest BCUT2D eigenvalue weighted by Gasteiger charge is 2.45. The maximum Gasteiger partial charge on any atom is 0.427 e. The number of aryl methyl sites for hydroxylation is 1. The summed E-state index contributed by atoms with van der Waals surface area (Å²) in [6, 6.07) is 8.31. The van der Waals surface area contributed by atoms with E-state index in [1.165, 1.54) is 31.2 Å². The number of carbonyl (C=O) groups excluding carboxylic acids is 2. The number of benzene rings is 2. The third kappa shape index (κ3) is 8.17. The SMILES string of the molecule is Cc1ccc(-c2ccc3c4c(nn(CC(F)(F)F)c24)N(C(=O)OCCN)S(=O)C3)c(/C(=C/c2cc(F)cc(F)c2)NC(=O)Cn2nc(C(C)(F)F)c3c2C(C)(F)CC3)n1. The van der Waals surface area contributed by atoms with E-state index in [0.29, 0.717) is 27.7 Å². The lowest BCUT2D eigenvalue weighted by Crippen LogP contribution is -2.37. The van der Waals surface area contributed by atoms with Gasteiger partial charge in [0.2, 0.25) is 5.91 Å². The molecule has 21 heteroatoms. The minimum atomic E-state index is -4.86. The molecule has 2 amide bonds. The molecule has 2 unspecified atom stereocenters. The van der Waals surface area contributed by atoms with Crippen molar-refractivity contribution in [3.63, 3.8) is 0 Å². The number of aromatic nitrogens is 5. The Morgan fingerprint density at radius 3 is 2.39 bits per heavy atom. The van der Waals surface area contributed by atoms with E-state index < -0.39 is 77.0 Å². The smallest absolute Gasteiger partial charge is 0.427 e. The van der Waals surface area contributed by atoms with Crippen LogP contribution in [0.1, 0.15) is 59.7 Å². The molecule has 3 aromatic heterocycles. The molecule has 0 saturated heterocycles. The summed E-state index contributed by atoms with van der Waals surface area (Å²) >= 11 is 0. The zero-order chi connectivity index (χ0) is 42.8. The highest BCUT2D eigenvalue weighted by atomic mass is 32.2. The predicted octanol–water partition coefficient (Wildman–Crippen LogP) is 7.08. The molecule has 59 heavy (non-hydrogen) atoms. The minimum absolute atomic E-state index is 0.0229. The van der Waals surface area contributed by atoms with Gasteiger partial charge in [0.1, 0.15) is 53.7 Å². The fourth-order valence-corrected chi connectivity index (χ4v) is 8.53. The molecule has 0 fully saturated rings. The van der Waals surface area contributed by atoms with Gasteiger partial charge in [-0.3, -0.25) is 19.1 Å². The van der Waals surface area contributed by atoms with Crippen molar-refractivity contribution in [2.24, 2.45) is 5.73 Å². The Hall–Kier alpha value is -5.70. The molecule has 2 atom stereocenters. The number of nitrogens with zero attached hydrogens (tertiary/aromatic N) is 6. The number of anilines is 1. The Balaban J connectivity index is 1.41. The van der Waals surface area contributed by atoms with Crippen LogP contribution in [-0.2, 0) is 57.4 Å². The lowest BCUT2D eigenvalue weighted by atomic mass is 9.96. The first-order chi connectivity index (χ1) is 27.6. The van der Waals surface area contributed by atoms with Gasteiger partial charge in [0.05, 0.1) is 33.7 Å². The first-order valence-electron chi connectivity index (χ1n) is 17.9. The van der Waals surface area contributed by atoms with Gasteiger partial charge in [-0.2, -0.15) is 36.5 Å². The molecule has 1 aliphatic carbocycles. The fourth-order valence-electron chi connectivity index (χ4n) is 7.36. The average Bonchev–Trinajstić information content (AvgIpc) is 3.78. The van der Waals surface area contributed by atoms with Crippen molar-refractivity contribution in [1.82, 2.24) is 29.9 Å². The van der Waals surface area contributed by atoms with Gasteiger partial charge in [0.15, 0.2) is 5.82 Å². The molecule has 0 radical (unpaired) electrons. The van der Waals surface area contributed by atoms with Crippen LogP contribution in [0.25, 0.3) is 33.8 Å². The summed E-state index contributed by atoms with van der Waals surface area (Å²) in [6.07, 6.45) is -5.08. The Bertz CT molecular complexity index is 2560. The Kier molecular flexibility index (Phi) is 10.6. The zero-order valence-electron chi connectivity index (χ0n) is 31.4. The lowest BCUT2D eigenvalue weighted by molar-refractivity contribution is -0.141. The fraction of sp³-hybridized carbons (Fsp3) is 0.342. The van der Waals surface area contributed by atoms with Crippen molar-refractivity contribution in [1.29, 1.82) is 0 Å². The summed E-state index contributed by atoms with van der Waals surface area (Å²) in [6.45, 7) is 0.466. The van der Waals surface area contributed by atoms with Crippen molar-refractivity contribution in [2.45, 2.75) is 70.2 Å². The van der Waals surface area contributed by atoms with E-state index in [1.54, 1.807) is 6.92 Å². The highest BCUT2D eigenvalue weighted by molar-refractivity contribution is 7.86. The normalized spacial score (nSPS) is 18.1. The zero-order valence-corrected chi connectivity index (χ0v) is 32.2. The highest BCUT2D eigenvalue weighted by Crippen LogP contribution is 2.46. The van der Waals surface area contributed by atoms with Crippen LogP contribution >= 0.6 is 0 Å². The molecule has 2 aliphatic rings. The van der Waals surface area contributed by atoms with Crippen LogP contribution < -0.4 is 15.4 Å². The Morgan fingerprint density at radius 2 is 1.73 bits per heavy atom. The van der Waals surface area contributed by atoms with Gasteiger partial charge >= 0.3 is 12.3 Å². The topological polar surface area (TPSA) is 150 Å². The number of nitrogens with one attached hydrogen (secondary N) is 1. The number of hydrogen-bond acceptors (Lipinski definition) is 8. The van der Waals surface area contributed by atoms with Crippen molar-refractivity contribution in [3.05, 3.63) is 93.6 Å². The van der Waals surface area contributed by atoms with E-state index >= 15 is 4.39 Å². The summed E-state index contributed by atoms with van der Waals surface area (Å²) < 4.78 is 137. The third-order valence-corrected chi connectivity index (χ3v) is 10.9. The Labute approximate surface area is 332 Å². The summed E-state index contributed by atoms with van der Waals surface area (Å²) in [7, 11) is -2.16. The van der Waals surface area contributed by atoms with Gasteiger partial charge in [0, 0.05) is 41.9 Å². The number of alkyl halides is 6. The summed E-state index contributed by atoms with van der Waals surface area (Å²) in [5, 5.41) is 10.6. The molecule has 4 heterocycles. The van der Waals surface area contributed by atoms with Gasteiger partial charge in [0.25, 0.3) is 5.92 Å². The maximum absolute atomic E-state index is 15.7. The van der Waals surface area contributed by atoms with Crippen LogP contribution in [0.3, 0.4) is 0 Å². The lowest BCUT2D eigenvalue weighted by Gasteiger charge is -2.24. The van der Waals surface area contributed by atoms with Crippen molar-refractivity contribution >= 4 is 51.5 Å². The first-order valence-corrected chi connectivity index (χ1v) is 19.2. The van der Waals surface area contributed by atoms with Crippen LogP contribution in [0.2, 0.25) is 0 Å². The van der Waals surface area contributed by atoms with E-state index in [-0.39, 0.29) is 87.6 Å². The summed E-state index contributed by atoms with van der Waals surface area (Å²) in [5.41, 5.74) is 2.34. The van der Waals surface area contributed by atoms with E-state index in [4.69, 9.17) is 10.5 Å². The number of hydrogen-bond donors (Lipinski definition) is 2. The number of carbonyl (C=O) groups is 2. The third-order valence-electron chi connectivity index (χ3n) is 9.62. The molecule has 12 nitrogen and oxygen atoms in total. The van der Waals surface area contributed by atoms with Crippen molar-refractivity contribution in [2.75, 3.05) is 17.5 Å². The molecule has 3 N–H and O–H groups in total. The van der Waals surface area contributed by atoms with Crippen LogP contribution in [0.15, 0.2) is 42.5 Å². The second-order valence-electron chi connectivity index (χ2n) is 14.3. The van der Waals surface area contributed by atoms with E-state index in [2.05, 4.69) is 20.5 Å². The molecule has 5 aromatic rings. The number of pyridine rings is 1. The van der Waals surface area contributed by atoms with Crippen LogP contribution in [0.5, 0.6) is 0 Å². The predicted molar refractivity (Wildman–Crippen MR) is 199 cm³/mol. The second-order valence-corrected chi connectivity index (χ2v) is 15.6. The monoisotopic (exact) mass is 850 g/mol. The number of nitrogens with two attached hydrogens (primary N) is 1. The number of amides is 2. The largest absolute Gasteiger partial charge is 0.447 e. The van der Waals surface area contributed by atoms with Crippen molar-refractivity contribution < 1.29 is 53.7 Å². The van der Waals surface area contributed by atoms with E-state index in [1.807, 2.05) is 0 Å². The number of fused-ring (bicyclic) bond motifs is 1. The van der Waals surface area contributed by atoms with E-state index in [0.717, 1.165) is 22.9 Å². The second kappa shape index (κ2) is 15.2. The summed E-state index contributed by atoms with van der Waals surface area (Å²) in [4.78, 5) is 31.6. The average molecular weight is 851 g/mol. The molecule has 0 bridgehead atoms. The van der Waals surface area contributed by atoms with Crippen molar-refractivity contribution in [3.8, 4) is 11.1 Å². The van der Waals surface area contributed by atoms with E-state index in [9.17, 15) is 44.5 Å². The first kappa shape index (κ1) is 41.5. The Morgan fingerprint density at radius 1 is 1.03 bits per heavy atom. The van der Waals surface area contributed by atoms with Gasteiger partial charge in [-0.1, -0.05) is 18.2 Å². The molecule has 312 valence electrons. The van der Waals surface area contributed by atoms with Gasteiger partial charge in [-0.05, 0) is 62.1 Å². The summed E-state index contributed by atoms with van der Waals surface area (Å²) in [5.74, 6) is -7.14. The number of ether oxygens (including phenoxy) is 1. The molecule has 2 aromatic carbocycles. The van der Waals surface area contributed by atoms with Crippen LogP contribution in [0, 0.1) is 18.6 Å². The molecular weight excluding hydrogens is 817 g/mol. The quantitative estimate of drug-likeness (QED) is 0.142. The standard InChI is InChI=1S/C38H34F8N8O4S/c1-19-4-6-24(25-7-5-21-17-59(57)54(35(56)58-11-10-47)34-29(21)31(25)53(51-34)18-38(44,45)46)30(48-19)27(14-20-12-22(39)15-23(40)13-20)49-28(55)16-52-33-26(8-9-36(33,2)41)32(50-52)37(3,42)43/h4-7,12-15H,8-11,16-18,47H2,1-3H3,(H,49,55)/b27-14-. The molecule has 0 spiro atoms. The van der Waals surface area contributed by atoms with Crippen LogP contribution in [0.4, 0.5) is 45.7 Å². The molecule has 1 aliphatic heterocycles. The number of rotatable bonds is 10. The van der Waals surface area contributed by atoms with Gasteiger partial charge in [-0.15, -0.1) is 0 Å². The molecular formula is C38H34F8N8O4S. The minimum Gasteiger partial charge on any atom is -0.447 e. The number of halogens is 8. The maximum atomic E-state index is 15.7. The van der Waals surface area contributed by atoms with Gasteiger partial charge in [-0.25, -0.2) is 22.2 Å².